The van der Waals surface area contributed by atoms with Crippen molar-refractivity contribution in [2.45, 2.75) is 57.5 Å². The van der Waals surface area contributed by atoms with E-state index in [0.717, 1.165) is 52.6 Å². The highest BCUT2D eigenvalue weighted by Gasteiger charge is 2.31. The van der Waals surface area contributed by atoms with E-state index >= 15 is 0 Å². The number of sulfonamides is 1. The third-order valence-electron chi connectivity index (χ3n) is 7.32. The maximum absolute atomic E-state index is 13.8. The predicted octanol–water partition coefficient (Wildman–Crippen LogP) is 4.51. The molecule has 3 aromatic rings. The summed E-state index contributed by atoms with van der Waals surface area (Å²) in [5.41, 5.74) is 1.49. The van der Waals surface area contributed by atoms with E-state index in [4.69, 9.17) is 0 Å². The van der Waals surface area contributed by atoms with Crippen LogP contribution in [0.25, 0.3) is 10.8 Å². The Labute approximate surface area is 225 Å². The lowest BCUT2D eigenvalue weighted by Crippen LogP contribution is -2.53. The topological polar surface area (TPSA) is 86.8 Å². The maximum atomic E-state index is 13.8. The molecule has 0 aromatic heterocycles. The van der Waals surface area contributed by atoms with Gasteiger partial charge in [-0.05, 0) is 43.2 Å². The first kappa shape index (κ1) is 27.6. The first-order valence-electron chi connectivity index (χ1n) is 13.3. The lowest BCUT2D eigenvalue weighted by molar-refractivity contribution is -0.139. The summed E-state index contributed by atoms with van der Waals surface area (Å²) in [6, 6.07) is 22.0. The summed E-state index contributed by atoms with van der Waals surface area (Å²) in [6.45, 7) is 1.64. The molecule has 2 amide bonds. The third-order valence-corrected chi connectivity index (χ3v) is 8.44. The Hall–Kier alpha value is -3.39. The average Bonchev–Trinajstić information content (AvgIpc) is 2.92. The van der Waals surface area contributed by atoms with Crippen LogP contribution in [0.1, 0.15) is 44.6 Å². The van der Waals surface area contributed by atoms with Crippen molar-refractivity contribution in [3.8, 4) is 0 Å². The number of benzene rings is 3. The predicted molar refractivity (Wildman–Crippen MR) is 152 cm³/mol. The molecule has 0 unspecified atom stereocenters. The number of anilines is 1. The van der Waals surface area contributed by atoms with Gasteiger partial charge in [-0.1, -0.05) is 86.0 Å². The molecule has 1 aliphatic carbocycles. The number of carbonyl (C=O) groups excluding carboxylic acids is 2. The average molecular weight is 536 g/mol. The van der Waals surface area contributed by atoms with Crippen LogP contribution in [0.3, 0.4) is 0 Å². The van der Waals surface area contributed by atoms with Crippen molar-refractivity contribution in [1.29, 1.82) is 0 Å². The quantitative estimate of drug-likeness (QED) is 0.414. The molecule has 0 saturated heterocycles. The van der Waals surface area contributed by atoms with Crippen molar-refractivity contribution in [2.75, 3.05) is 23.7 Å². The number of rotatable bonds is 10. The summed E-state index contributed by atoms with van der Waals surface area (Å²) in [7, 11) is -3.79. The molecular formula is C30H37N3O4S. The second kappa shape index (κ2) is 12.4. The first-order chi connectivity index (χ1) is 18.2. The highest BCUT2D eigenvalue weighted by atomic mass is 32.2. The van der Waals surface area contributed by atoms with Crippen LogP contribution in [0.4, 0.5) is 5.69 Å². The van der Waals surface area contributed by atoms with Crippen LogP contribution < -0.4 is 9.62 Å². The standard InChI is InChI=1S/C30H37N3O4S/c1-23(30(35)31-26-16-7-4-8-17-26)32(21-20-24-12-5-3-6-13-24)29(34)22-33(38(2,36)37)28-19-11-15-25-14-9-10-18-27(25)28/h3,5-6,9-15,18-19,23,26H,4,7-8,16-17,20-22H2,1-2H3,(H,31,35)/t23-/m1/s1. The molecule has 0 aliphatic heterocycles. The monoisotopic (exact) mass is 535 g/mol. The van der Waals surface area contributed by atoms with E-state index in [2.05, 4.69) is 5.32 Å². The Kier molecular flexibility index (Phi) is 9.05. The zero-order chi connectivity index (χ0) is 27.1. The Morgan fingerprint density at radius 2 is 1.58 bits per heavy atom. The molecule has 1 fully saturated rings. The zero-order valence-electron chi connectivity index (χ0n) is 22.2. The van der Waals surface area contributed by atoms with Crippen LogP contribution in [-0.4, -0.2) is 56.6 Å². The van der Waals surface area contributed by atoms with Crippen molar-refractivity contribution in [3.63, 3.8) is 0 Å². The molecule has 38 heavy (non-hydrogen) atoms. The van der Waals surface area contributed by atoms with Gasteiger partial charge in [0.05, 0.1) is 11.9 Å². The number of carbonyl (C=O) groups is 2. The Morgan fingerprint density at radius 1 is 0.921 bits per heavy atom. The molecule has 1 atom stereocenters. The molecule has 1 aliphatic rings. The van der Waals surface area contributed by atoms with Gasteiger partial charge in [-0.2, -0.15) is 0 Å². The fourth-order valence-corrected chi connectivity index (χ4v) is 6.02. The molecule has 202 valence electrons. The van der Waals surface area contributed by atoms with E-state index in [1.165, 1.54) is 11.3 Å². The molecule has 1 saturated carbocycles. The summed E-state index contributed by atoms with van der Waals surface area (Å²) in [5.74, 6) is -0.611. The van der Waals surface area contributed by atoms with Crippen LogP contribution in [0.15, 0.2) is 72.8 Å². The van der Waals surface area contributed by atoms with Crippen LogP contribution in [-0.2, 0) is 26.0 Å². The summed E-state index contributed by atoms with van der Waals surface area (Å²) < 4.78 is 27.1. The first-order valence-corrected chi connectivity index (χ1v) is 15.2. The van der Waals surface area contributed by atoms with Gasteiger partial charge < -0.3 is 10.2 Å². The lowest BCUT2D eigenvalue weighted by Gasteiger charge is -2.33. The number of hydrogen-bond donors (Lipinski definition) is 1. The van der Waals surface area contributed by atoms with Crippen molar-refractivity contribution < 1.29 is 18.0 Å². The summed E-state index contributed by atoms with van der Waals surface area (Å²) in [5, 5.41) is 4.75. The minimum Gasteiger partial charge on any atom is -0.352 e. The van der Waals surface area contributed by atoms with Gasteiger partial charge >= 0.3 is 0 Å². The van der Waals surface area contributed by atoms with Gasteiger partial charge in [0, 0.05) is 18.0 Å². The minimum absolute atomic E-state index is 0.118. The highest BCUT2D eigenvalue weighted by molar-refractivity contribution is 7.92. The Morgan fingerprint density at radius 3 is 2.29 bits per heavy atom. The van der Waals surface area contributed by atoms with E-state index in [1.807, 2.05) is 60.7 Å². The molecular weight excluding hydrogens is 498 g/mol. The summed E-state index contributed by atoms with van der Waals surface area (Å²) in [6.07, 6.45) is 6.91. The van der Waals surface area contributed by atoms with Crippen LogP contribution in [0.2, 0.25) is 0 Å². The molecule has 3 aromatic carbocycles. The maximum Gasteiger partial charge on any atom is 0.244 e. The van der Waals surface area contributed by atoms with Crippen molar-refractivity contribution in [2.24, 2.45) is 0 Å². The molecule has 8 heteroatoms. The molecule has 0 radical (unpaired) electrons. The SMILES string of the molecule is C[C@H](C(=O)NC1CCCCC1)N(CCc1ccccc1)C(=O)CN(c1cccc2ccccc12)S(C)(=O)=O. The van der Waals surface area contributed by atoms with Crippen molar-refractivity contribution >= 4 is 38.3 Å². The van der Waals surface area contributed by atoms with Gasteiger partial charge in [-0.15, -0.1) is 0 Å². The van der Waals surface area contributed by atoms with Gasteiger partial charge in [-0.3, -0.25) is 13.9 Å². The fourth-order valence-electron chi connectivity index (χ4n) is 5.16. The molecule has 7 nitrogen and oxygen atoms in total. The smallest absolute Gasteiger partial charge is 0.244 e. The number of nitrogens with zero attached hydrogens (tertiary/aromatic N) is 2. The lowest BCUT2D eigenvalue weighted by atomic mass is 9.95. The van der Waals surface area contributed by atoms with E-state index in [9.17, 15) is 18.0 Å². The number of nitrogens with one attached hydrogen (secondary N) is 1. The van der Waals surface area contributed by atoms with Crippen molar-refractivity contribution in [1.82, 2.24) is 10.2 Å². The Bertz CT molecular complexity index is 1350. The van der Waals surface area contributed by atoms with Gasteiger partial charge in [0.25, 0.3) is 0 Å². The van der Waals surface area contributed by atoms with Gasteiger partial charge in [-0.25, -0.2) is 8.42 Å². The summed E-state index contributed by atoms with van der Waals surface area (Å²) in [4.78, 5) is 28.6. The van der Waals surface area contributed by atoms with E-state index in [0.29, 0.717) is 18.7 Å². The normalized spacial score (nSPS) is 15.1. The van der Waals surface area contributed by atoms with E-state index in [1.54, 1.807) is 19.1 Å². The molecule has 0 heterocycles. The summed E-state index contributed by atoms with van der Waals surface area (Å²) >= 11 is 0. The molecule has 0 spiro atoms. The second-order valence-corrected chi connectivity index (χ2v) is 12.0. The molecule has 0 bridgehead atoms. The number of hydrogen-bond acceptors (Lipinski definition) is 4. The number of fused-ring (bicyclic) bond motifs is 1. The van der Waals surface area contributed by atoms with E-state index in [-0.39, 0.29) is 18.5 Å². The van der Waals surface area contributed by atoms with Crippen LogP contribution in [0, 0.1) is 0 Å². The highest BCUT2D eigenvalue weighted by Crippen LogP contribution is 2.28. The van der Waals surface area contributed by atoms with Gasteiger partial charge in [0.2, 0.25) is 21.8 Å². The fraction of sp³-hybridized carbons (Fsp3) is 0.400. The second-order valence-electron chi connectivity index (χ2n) is 10.1. The largest absolute Gasteiger partial charge is 0.352 e. The van der Waals surface area contributed by atoms with Crippen LogP contribution >= 0.6 is 0 Å². The molecule has 1 N–H and O–H groups in total. The van der Waals surface area contributed by atoms with Crippen molar-refractivity contribution in [3.05, 3.63) is 78.4 Å². The van der Waals surface area contributed by atoms with Crippen LogP contribution in [0.5, 0.6) is 0 Å². The number of amides is 2. The van der Waals surface area contributed by atoms with E-state index < -0.39 is 22.0 Å². The third kappa shape index (κ3) is 6.92. The van der Waals surface area contributed by atoms with Gasteiger partial charge in [0.15, 0.2) is 0 Å². The Balaban J connectivity index is 1.60. The zero-order valence-corrected chi connectivity index (χ0v) is 23.0. The molecule has 4 rings (SSSR count). The minimum atomic E-state index is -3.79. The van der Waals surface area contributed by atoms with Gasteiger partial charge in [0.1, 0.15) is 12.6 Å².